The summed E-state index contributed by atoms with van der Waals surface area (Å²) in [6.45, 7) is 0.147. The highest BCUT2D eigenvalue weighted by Crippen LogP contribution is 2.34. The van der Waals surface area contributed by atoms with Gasteiger partial charge in [0.15, 0.2) is 11.6 Å². The number of carbonyl (C=O) groups excluding carboxylic acids is 1. The van der Waals surface area contributed by atoms with Crippen LogP contribution in [0.1, 0.15) is 28.4 Å². The molecule has 21 heavy (non-hydrogen) atoms. The topological polar surface area (TPSA) is 53.7 Å². The van der Waals surface area contributed by atoms with Gasteiger partial charge >= 0.3 is 0 Å². The van der Waals surface area contributed by atoms with E-state index in [1.807, 2.05) is 0 Å². The van der Waals surface area contributed by atoms with E-state index in [1.165, 1.54) is 29.6 Å². The van der Waals surface area contributed by atoms with Crippen LogP contribution in [0.25, 0.3) is 0 Å². The van der Waals surface area contributed by atoms with Crippen molar-refractivity contribution < 1.29 is 23.1 Å². The van der Waals surface area contributed by atoms with Crippen LogP contribution in [0.3, 0.4) is 0 Å². The SMILES string of the molecule is O=C(c1ccoc1)N1CC(O)CC1c1ccc(F)c(F)c1. The first-order chi connectivity index (χ1) is 10.1. The number of hydrogen-bond donors (Lipinski definition) is 1. The third-order valence-corrected chi connectivity index (χ3v) is 3.64. The maximum atomic E-state index is 13.4. The summed E-state index contributed by atoms with van der Waals surface area (Å²) in [7, 11) is 0. The molecule has 1 aromatic heterocycles. The normalized spacial score (nSPS) is 21.8. The average Bonchev–Trinajstić information content (AvgIpc) is 3.10. The molecule has 2 unspecified atom stereocenters. The van der Waals surface area contributed by atoms with Crippen molar-refractivity contribution in [1.82, 2.24) is 4.90 Å². The fourth-order valence-electron chi connectivity index (χ4n) is 2.63. The lowest BCUT2D eigenvalue weighted by Gasteiger charge is -2.24. The molecule has 4 nitrogen and oxygen atoms in total. The number of rotatable bonds is 2. The maximum Gasteiger partial charge on any atom is 0.257 e. The lowest BCUT2D eigenvalue weighted by Crippen LogP contribution is -2.31. The first kappa shape index (κ1) is 13.8. The van der Waals surface area contributed by atoms with Gasteiger partial charge in [0, 0.05) is 6.54 Å². The van der Waals surface area contributed by atoms with Crippen molar-refractivity contribution in [2.75, 3.05) is 6.54 Å². The number of β-amino-alcohol motifs (C(OH)–C–C–N with tert-alkyl or cyclic N) is 1. The Balaban J connectivity index is 1.92. The van der Waals surface area contributed by atoms with Gasteiger partial charge in [-0.15, -0.1) is 0 Å². The minimum Gasteiger partial charge on any atom is -0.472 e. The second kappa shape index (κ2) is 5.29. The van der Waals surface area contributed by atoms with Gasteiger partial charge in [0.25, 0.3) is 5.91 Å². The molecule has 0 saturated carbocycles. The predicted molar refractivity (Wildman–Crippen MR) is 69.5 cm³/mol. The number of carbonyl (C=O) groups is 1. The molecule has 1 amide bonds. The highest BCUT2D eigenvalue weighted by atomic mass is 19.2. The second-order valence-corrected chi connectivity index (χ2v) is 5.05. The average molecular weight is 293 g/mol. The molecule has 1 fully saturated rings. The number of amides is 1. The van der Waals surface area contributed by atoms with Crippen LogP contribution in [0.5, 0.6) is 0 Å². The Morgan fingerprint density at radius 3 is 2.76 bits per heavy atom. The molecule has 2 aromatic rings. The quantitative estimate of drug-likeness (QED) is 0.925. The third kappa shape index (κ3) is 2.54. The third-order valence-electron chi connectivity index (χ3n) is 3.64. The lowest BCUT2D eigenvalue weighted by molar-refractivity contribution is 0.0715. The highest BCUT2D eigenvalue weighted by Gasteiger charge is 2.36. The van der Waals surface area contributed by atoms with E-state index >= 15 is 0 Å². The van der Waals surface area contributed by atoms with Gasteiger partial charge in [0.2, 0.25) is 0 Å². The van der Waals surface area contributed by atoms with E-state index in [2.05, 4.69) is 0 Å². The number of benzene rings is 1. The van der Waals surface area contributed by atoms with Gasteiger partial charge < -0.3 is 14.4 Å². The summed E-state index contributed by atoms with van der Waals surface area (Å²) >= 11 is 0. The van der Waals surface area contributed by atoms with E-state index in [0.717, 1.165) is 12.1 Å². The Bertz CT molecular complexity index is 657. The zero-order valence-electron chi connectivity index (χ0n) is 11.0. The number of furan rings is 1. The molecular formula is C15H13F2NO3. The summed E-state index contributed by atoms with van der Waals surface area (Å²) in [6.07, 6.45) is 2.29. The van der Waals surface area contributed by atoms with Crippen LogP contribution in [0.2, 0.25) is 0 Å². The fourth-order valence-corrected chi connectivity index (χ4v) is 2.63. The molecule has 0 bridgehead atoms. The zero-order valence-corrected chi connectivity index (χ0v) is 11.0. The minimum absolute atomic E-state index is 0.147. The van der Waals surface area contributed by atoms with Crippen molar-refractivity contribution in [2.45, 2.75) is 18.6 Å². The van der Waals surface area contributed by atoms with Crippen molar-refractivity contribution in [3.63, 3.8) is 0 Å². The van der Waals surface area contributed by atoms with E-state index in [1.54, 1.807) is 0 Å². The molecule has 0 radical (unpaired) electrons. The van der Waals surface area contributed by atoms with Crippen LogP contribution in [0.4, 0.5) is 8.78 Å². The van der Waals surface area contributed by atoms with Crippen molar-refractivity contribution in [2.24, 2.45) is 0 Å². The molecule has 2 atom stereocenters. The van der Waals surface area contributed by atoms with E-state index in [-0.39, 0.29) is 18.9 Å². The van der Waals surface area contributed by atoms with Crippen molar-refractivity contribution in [3.8, 4) is 0 Å². The fraction of sp³-hybridized carbons (Fsp3) is 0.267. The van der Waals surface area contributed by atoms with Crippen LogP contribution in [-0.2, 0) is 0 Å². The summed E-state index contributed by atoms with van der Waals surface area (Å²) in [5.41, 5.74) is 0.818. The van der Waals surface area contributed by atoms with Crippen molar-refractivity contribution >= 4 is 5.91 Å². The Morgan fingerprint density at radius 1 is 1.29 bits per heavy atom. The van der Waals surface area contributed by atoms with Gasteiger partial charge in [0.05, 0.1) is 24.0 Å². The van der Waals surface area contributed by atoms with Gasteiger partial charge in [-0.3, -0.25) is 4.79 Å². The summed E-state index contributed by atoms with van der Waals surface area (Å²) in [4.78, 5) is 13.8. The Labute approximate surface area is 119 Å². The molecule has 110 valence electrons. The van der Waals surface area contributed by atoms with Crippen LogP contribution < -0.4 is 0 Å². The van der Waals surface area contributed by atoms with Crippen LogP contribution >= 0.6 is 0 Å². The van der Waals surface area contributed by atoms with E-state index in [0.29, 0.717) is 11.1 Å². The predicted octanol–water partition coefficient (Wildman–Crippen LogP) is 2.51. The van der Waals surface area contributed by atoms with Gasteiger partial charge in [-0.05, 0) is 30.2 Å². The maximum absolute atomic E-state index is 13.4. The highest BCUT2D eigenvalue weighted by molar-refractivity contribution is 5.94. The van der Waals surface area contributed by atoms with Crippen molar-refractivity contribution in [1.29, 1.82) is 0 Å². The Kier molecular flexibility index (Phi) is 3.47. The van der Waals surface area contributed by atoms with Gasteiger partial charge in [0.1, 0.15) is 6.26 Å². The Hall–Kier alpha value is -2.21. The van der Waals surface area contributed by atoms with Crippen LogP contribution in [0.15, 0.2) is 41.2 Å². The molecule has 2 heterocycles. The number of nitrogens with zero attached hydrogens (tertiary/aromatic N) is 1. The summed E-state index contributed by atoms with van der Waals surface area (Å²) < 4.78 is 31.3. The monoisotopic (exact) mass is 293 g/mol. The Morgan fingerprint density at radius 2 is 2.10 bits per heavy atom. The minimum atomic E-state index is -0.968. The smallest absolute Gasteiger partial charge is 0.257 e. The zero-order chi connectivity index (χ0) is 15.0. The molecule has 1 aliphatic rings. The van der Waals surface area contributed by atoms with Gasteiger partial charge in [-0.25, -0.2) is 8.78 Å². The molecule has 0 spiro atoms. The van der Waals surface area contributed by atoms with Crippen molar-refractivity contribution in [3.05, 3.63) is 59.6 Å². The molecular weight excluding hydrogens is 280 g/mol. The first-order valence-corrected chi connectivity index (χ1v) is 6.52. The first-order valence-electron chi connectivity index (χ1n) is 6.52. The molecule has 3 rings (SSSR count). The van der Waals surface area contributed by atoms with E-state index in [9.17, 15) is 18.7 Å². The molecule has 1 saturated heterocycles. The largest absolute Gasteiger partial charge is 0.472 e. The molecule has 1 aromatic carbocycles. The van der Waals surface area contributed by atoms with Gasteiger partial charge in [-0.2, -0.15) is 0 Å². The standard InChI is InChI=1S/C15H13F2NO3/c16-12-2-1-9(5-13(12)17)14-6-11(19)7-18(14)15(20)10-3-4-21-8-10/h1-5,8,11,14,19H,6-7H2. The molecule has 6 heteroatoms. The number of hydrogen-bond acceptors (Lipinski definition) is 3. The van der Waals surface area contributed by atoms with Crippen LogP contribution in [0, 0.1) is 11.6 Å². The number of halogens is 2. The molecule has 1 N–H and O–H groups in total. The number of likely N-dealkylation sites (tertiary alicyclic amines) is 1. The number of aliphatic hydroxyl groups excluding tert-OH is 1. The second-order valence-electron chi connectivity index (χ2n) is 5.05. The summed E-state index contributed by atoms with van der Waals surface area (Å²) in [6, 6.07) is 4.55. The lowest BCUT2D eigenvalue weighted by atomic mass is 10.0. The summed E-state index contributed by atoms with van der Waals surface area (Å²) in [5, 5.41) is 9.82. The van der Waals surface area contributed by atoms with E-state index in [4.69, 9.17) is 4.42 Å². The number of aliphatic hydroxyl groups is 1. The van der Waals surface area contributed by atoms with E-state index < -0.39 is 23.8 Å². The van der Waals surface area contributed by atoms with Gasteiger partial charge in [-0.1, -0.05) is 6.07 Å². The van der Waals surface area contributed by atoms with Crippen LogP contribution in [-0.4, -0.2) is 28.6 Å². The molecule has 0 aliphatic carbocycles. The summed E-state index contributed by atoms with van der Waals surface area (Å²) in [5.74, 6) is -2.22. The molecule has 1 aliphatic heterocycles.